The van der Waals surface area contributed by atoms with Gasteiger partial charge in [0.1, 0.15) is 0 Å². The van der Waals surface area contributed by atoms with Gasteiger partial charge in [0.25, 0.3) is 0 Å². The van der Waals surface area contributed by atoms with E-state index in [1.807, 2.05) is 0 Å². The molecule has 0 aromatic carbocycles. The molecule has 1 saturated carbocycles. The molecule has 19 heavy (non-hydrogen) atoms. The van der Waals surface area contributed by atoms with Crippen LogP contribution in [0.2, 0.25) is 0 Å². The number of hydrogen-bond acceptors (Lipinski definition) is 3. The minimum Gasteiger partial charge on any atom is -0.325 e. The quantitative estimate of drug-likeness (QED) is 0.830. The normalized spacial score (nSPS) is 25.9. The first-order valence-electron chi connectivity index (χ1n) is 8.31. The highest BCUT2D eigenvalue weighted by Crippen LogP contribution is 2.28. The second kappa shape index (κ2) is 7.05. The summed E-state index contributed by atoms with van der Waals surface area (Å²) in [5.74, 6) is 0.793. The highest BCUT2D eigenvalue weighted by Gasteiger charge is 2.28. The molecule has 1 aliphatic heterocycles. The molecule has 0 atom stereocenters. The van der Waals surface area contributed by atoms with E-state index in [9.17, 15) is 0 Å². The fourth-order valence-corrected chi connectivity index (χ4v) is 3.60. The van der Waals surface area contributed by atoms with Gasteiger partial charge in [-0.15, -0.1) is 0 Å². The van der Waals surface area contributed by atoms with Gasteiger partial charge >= 0.3 is 0 Å². The molecule has 0 radical (unpaired) electrons. The second-order valence-electron chi connectivity index (χ2n) is 7.21. The van der Waals surface area contributed by atoms with Gasteiger partial charge in [0.05, 0.1) is 0 Å². The third-order valence-corrected chi connectivity index (χ3v) is 4.86. The summed E-state index contributed by atoms with van der Waals surface area (Å²) in [6, 6.07) is 0. The summed E-state index contributed by atoms with van der Waals surface area (Å²) < 4.78 is 0. The molecule has 0 unspecified atom stereocenters. The predicted molar refractivity (Wildman–Crippen MR) is 82.3 cm³/mol. The Morgan fingerprint density at radius 2 is 1.53 bits per heavy atom. The lowest BCUT2D eigenvalue weighted by Gasteiger charge is -2.39. The van der Waals surface area contributed by atoms with E-state index in [1.54, 1.807) is 0 Å². The Labute approximate surface area is 119 Å². The summed E-state index contributed by atoms with van der Waals surface area (Å²) in [7, 11) is 0. The predicted octanol–water partition coefficient (Wildman–Crippen LogP) is 2.31. The maximum atomic E-state index is 6.53. The van der Waals surface area contributed by atoms with Crippen molar-refractivity contribution in [1.82, 2.24) is 9.80 Å². The Kier molecular flexibility index (Phi) is 5.67. The molecule has 0 spiro atoms. The Morgan fingerprint density at radius 1 is 0.947 bits per heavy atom. The van der Waals surface area contributed by atoms with Gasteiger partial charge in [0.15, 0.2) is 0 Å². The summed E-state index contributed by atoms with van der Waals surface area (Å²) in [4.78, 5) is 5.24. The van der Waals surface area contributed by atoms with Gasteiger partial charge in [-0.25, -0.2) is 0 Å². The van der Waals surface area contributed by atoms with Crippen LogP contribution in [0.4, 0.5) is 0 Å². The van der Waals surface area contributed by atoms with E-state index in [-0.39, 0.29) is 5.54 Å². The Bertz CT molecular complexity index is 251. The van der Waals surface area contributed by atoms with E-state index in [0.717, 1.165) is 5.92 Å². The number of piperazine rings is 1. The van der Waals surface area contributed by atoms with Crippen LogP contribution in [0.1, 0.15) is 52.4 Å². The highest BCUT2D eigenvalue weighted by molar-refractivity contribution is 4.88. The van der Waals surface area contributed by atoms with Crippen molar-refractivity contribution in [1.29, 1.82) is 0 Å². The molecule has 0 aromatic rings. The van der Waals surface area contributed by atoms with Crippen molar-refractivity contribution in [3.63, 3.8) is 0 Å². The van der Waals surface area contributed by atoms with Crippen LogP contribution in [0.3, 0.4) is 0 Å². The van der Waals surface area contributed by atoms with Crippen LogP contribution in [0.25, 0.3) is 0 Å². The number of hydrogen-bond donors (Lipinski definition) is 1. The van der Waals surface area contributed by atoms with Gasteiger partial charge in [-0.2, -0.15) is 0 Å². The van der Waals surface area contributed by atoms with E-state index < -0.39 is 0 Å². The molecule has 1 aliphatic carbocycles. The molecule has 2 N–H and O–H groups in total. The van der Waals surface area contributed by atoms with Gasteiger partial charge in [-0.05, 0) is 31.7 Å². The molecule has 0 aromatic heterocycles. The summed E-state index contributed by atoms with van der Waals surface area (Å²) >= 11 is 0. The fourth-order valence-electron chi connectivity index (χ4n) is 3.60. The van der Waals surface area contributed by atoms with Crippen LogP contribution in [0.5, 0.6) is 0 Å². The highest BCUT2D eigenvalue weighted by atomic mass is 15.3. The van der Waals surface area contributed by atoms with Crippen LogP contribution >= 0.6 is 0 Å². The average molecular weight is 267 g/mol. The maximum Gasteiger partial charge on any atom is 0.0166 e. The molecular formula is C16H33N3. The third kappa shape index (κ3) is 5.05. The Hall–Kier alpha value is -0.120. The van der Waals surface area contributed by atoms with Crippen molar-refractivity contribution in [2.45, 2.75) is 57.9 Å². The molecule has 3 heteroatoms. The zero-order chi connectivity index (χ0) is 13.7. The van der Waals surface area contributed by atoms with Crippen LogP contribution in [0, 0.1) is 5.92 Å². The van der Waals surface area contributed by atoms with Crippen molar-refractivity contribution in [2.24, 2.45) is 11.7 Å². The van der Waals surface area contributed by atoms with Gasteiger partial charge in [0, 0.05) is 38.3 Å². The van der Waals surface area contributed by atoms with Gasteiger partial charge in [-0.3, -0.25) is 0 Å². The lowest BCUT2D eigenvalue weighted by molar-refractivity contribution is 0.111. The minimum absolute atomic E-state index is 0.160. The number of nitrogens with zero attached hydrogens (tertiary/aromatic N) is 2. The molecule has 1 saturated heterocycles. The largest absolute Gasteiger partial charge is 0.325 e. The molecule has 3 nitrogen and oxygen atoms in total. The van der Waals surface area contributed by atoms with Crippen molar-refractivity contribution >= 4 is 0 Å². The van der Waals surface area contributed by atoms with E-state index in [4.69, 9.17) is 5.73 Å². The standard InChI is InChI=1S/C16H33N3/c1-15(2)14-19-12-10-18(11-13-19)9-8-16(17)6-4-3-5-7-16/h15H,3-14,17H2,1-2H3. The zero-order valence-electron chi connectivity index (χ0n) is 13.0. The van der Waals surface area contributed by atoms with Gasteiger partial charge in [-0.1, -0.05) is 33.1 Å². The van der Waals surface area contributed by atoms with Crippen molar-refractivity contribution < 1.29 is 0 Å². The SMILES string of the molecule is CC(C)CN1CCN(CCC2(N)CCCCC2)CC1. The van der Waals surface area contributed by atoms with Crippen LogP contribution < -0.4 is 5.73 Å². The Balaban J connectivity index is 1.65. The molecule has 2 rings (SSSR count). The molecule has 2 aliphatic rings. The third-order valence-electron chi connectivity index (χ3n) is 4.86. The molecule has 1 heterocycles. The van der Waals surface area contributed by atoms with Crippen molar-refractivity contribution in [3.8, 4) is 0 Å². The summed E-state index contributed by atoms with van der Waals surface area (Å²) in [5.41, 5.74) is 6.69. The van der Waals surface area contributed by atoms with Gasteiger partial charge < -0.3 is 15.5 Å². The fraction of sp³-hybridized carbons (Fsp3) is 1.00. The Morgan fingerprint density at radius 3 is 2.11 bits per heavy atom. The first-order chi connectivity index (χ1) is 9.07. The number of rotatable bonds is 5. The van der Waals surface area contributed by atoms with E-state index in [1.165, 1.54) is 77.8 Å². The monoisotopic (exact) mass is 267 g/mol. The topological polar surface area (TPSA) is 32.5 Å². The minimum atomic E-state index is 0.160. The van der Waals surface area contributed by atoms with Crippen LogP contribution in [-0.2, 0) is 0 Å². The van der Waals surface area contributed by atoms with Crippen LogP contribution in [0.15, 0.2) is 0 Å². The van der Waals surface area contributed by atoms with Crippen molar-refractivity contribution in [2.75, 3.05) is 39.3 Å². The molecular weight excluding hydrogens is 234 g/mol. The summed E-state index contributed by atoms with van der Waals surface area (Å²) in [6.45, 7) is 12.1. The first-order valence-corrected chi connectivity index (χ1v) is 8.31. The van der Waals surface area contributed by atoms with E-state index in [2.05, 4.69) is 23.6 Å². The van der Waals surface area contributed by atoms with E-state index >= 15 is 0 Å². The first kappa shape index (κ1) is 15.3. The summed E-state index contributed by atoms with van der Waals surface area (Å²) in [5, 5.41) is 0. The van der Waals surface area contributed by atoms with Crippen molar-refractivity contribution in [3.05, 3.63) is 0 Å². The molecule has 0 amide bonds. The molecule has 112 valence electrons. The summed E-state index contributed by atoms with van der Waals surface area (Å²) in [6.07, 6.45) is 7.79. The average Bonchev–Trinajstić information content (AvgIpc) is 2.38. The molecule has 2 fully saturated rings. The smallest absolute Gasteiger partial charge is 0.0166 e. The molecule has 0 bridgehead atoms. The maximum absolute atomic E-state index is 6.53. The van der Waals surface area contributed by atoms with E-state index in [0.29, 0.717) is 0 Å². The van der Waals surface area contributed by atoms with Gasteiger partial charge in [0.2, 0.25) is 0 Å². The lowest BCUT2D eigenvalue weighted by atomic mass is 9.80. The number of nitrogens with two attached hydrogens (primary N) is 1. The second-order valence-corrected chi connectivity index (χ2v) is 7.21. The zero-order valence-corrected chi connectivity index (χ0v) is 13.0. The lowest BCUT2D eigenvalue weighted by Crippen LogP contribution is -2.50. The van der Waals surface area contributed by atoms with Crippen LogP contribution in [-0.4, -0.2) is 54.6 Å².